The molecular weight excluding hydrogens is 246 g/mol. The van der Waals surface area contributed by atoms with E-state index < -0.39 is 5.41 Å². The molecule has 0 atom stereocenters. The second kappa shape index (κ2) is 5.60. The average molecular weight is 265 g/mol. The van der Waals surface area contributed by atoms with E-state index in [0.717, 1.165) is 5.56 Å². The van der Waals surface area contributed by atoms with E-state index in [0.29, 0.717) is 11.4 Å². The maximum Gasteiger partial charge on any atom is 0.237 e. The highest BCUT2D eigenvalue weighted by Crippen LogP contribution is 2.27. The number of nitrogens with zero attached hydrogens (tertiary/aromatic N) is 1. The topological polar surface area (TPSA) is 96.9 Å². The molecule has 0 heterocycles. The van der Waals surface area contributed by atoms with Crippen LogP contribution in [-0.2, 0) is 4.79 Å². The normalized spacial score (nSPS) is 12.1. The van der Waals surface area contributed by atoms with Crippen LogP contribution >= 0.6 is 0 Å². The van der Waals surface area contributed by atoms with Crippen molar-refractivity contribution >= 4 is 17.4 Å². The molecule has 4 N–H and O–H groups in total. The number of hydrogen-bond acceptors (Lipinski definition) is 4. The second-order valence-electron chi connectivity index (χ2n) is 4.77. The van der Waals surface area contributed by atoms with Crippen LogP contribution in [0.3, 0.4) is 0 Å². The van der Waals surface area contributed by atoms with Gasteiger partial charge in [-0.3, -0.25) is 4.79 Å². The highest BCUT2D eigenvalue weighted by Gasteiger charge is 2.33. The number of rotatable bonds is 4. The predicted molar refractivity (Wildman–Crippen MR) is 73.6 cm³/mol. The fraction of sp³-hybridized carbons (Fsp3) is 0.385. The van der Waals surface area contributed by atoms with Crippen molar-refractivity contribution in [1.82, 2.24) is 0 Å². The molecule has 0 spiro atoms. The van der Waals surface area contributed by atoms with E-state index in [-0.39, 0.29) is 11.7 Å². The molecule has 0 aromatic heterocycles. The Labute approximate surface area is 112 Å². The van der Waals surface area contributed by atoms with Crippen molar-refractivity contribution in [2.45, 2.75) is 20.8 Å². The minimum atomic E-state index is -1.12. The van der Waals surface area contributed by atoms with Crippen LogP contribution in [0.4, 0.5) is 5.69 Å². The molecule has 0 aliphatic carbocycles. The number of carbonyl (C=O) groups excluding carboxylic acids is 1. The third-order valence-electron chi connectivity index (χ3n) is 2.92. The molecule has 1 aromatic rings. The van der Waals surface area contributed by atoms with Crippen molar-refractivity contribution < 1.29 is 14.7 Å². The summed E-state index contributed by atoms with van der Waals surface area (Å²) in [5, 5.41) is 14.3. The molecule has 1 rings (SSSR count). The fourth-order valence-electron chi connectivity index (χ4n) is 1.44. The monoisotopic (exact) mass is 265 g/mol. The minimum Gasteiger partial charge on any atom is -0.495 e. The summed E-state index contributed by atoms with van der Waals surface area (Å²) in [6, 6.07) is 5.43. The number of carbonyl (C=O) groups is 1. The summed E-state index contributed by atoms with van der Waals surface area (Å²) in [6.07, 6.45) is 0. The smallest absolute Gasteiger partial charge is 0.237 e. The number of nitrogens with two attached hydrogens (primary N) is 1. The highest BCUT2D eigenvalue weighted by atomic mass is 16.5. The molecule has 6 nitrogen and oxygen atoms in total. The van der Waals surface area contributed by atoms with Gasteiger partial charge < -0.3 is 21.0 Å². The number of aryl methyl sites for hydroxylation is 1. The lowest BCUT2D eigenvalue weighted by molar-refractivity contribution is -0.121. The molecule has 0 aliphatic heterocycles. The molecule has 1 amide bonds. The Bertz CT molecular complexity index is 510. The molecule has 0 bridgehead atoms. The van der Waals surface area contributed by atoms with E-state index in [1.165, 1.54) is 7.11 Å². The zero-order valence-electron chi connectivity index (χ0n) is 11.5. The van der Waals surface area contributed by atoms with Crippen LogP contribution < -0.4 is 15.8 Å². The summed E-state index contributed by atoms with van der Waals surface area (Å²) in [5.41, 5.74) is 5.92. The summed E-state index contributed by atoms with van der Waals surface area (Å²) < 4.78 is 5.18. The molecule has 0 radical (unpaired) electrons. The largest absolute Gasteiger partial charge is 0.495 e. The van der Waals surface area contributed by atoms with Gasteiger partial charge in [0.05, 0.1) is 12.8 Å². The number of amidine groups is 1. The molecule has 1 aromatic carbocycles. The van der Waals surface area contributed by atoms with Gasteiger partial charge in [0.2, 0.25) is 5.91 Å². The first kappa shape index (κ1) is 14.8. The second-order valence-corrected chi connectivity index (χ2v) is 4.77. The number of nitrogens with one attached hydrogen (secondary N) is 1. The molecule has 104 valence electrons. The van der Waals surface area contributed by atoms with E-state index in [4.69, 9.17) is 15.7 Å². The van der Waals surface area contributed by atoms with Crippen LogP contribution in [0.15, 0.2) is 23.4 Å². The van der Waals surface area contributed by atoms with Crippen LogP contribution in [0.2, 0.25) is 0 Å². The van der Waals surface area contributed by atoms with Crippen molar-refractivity contribution in [3.8, 4) is 5.75 Å². The fourth-order valence-corrected chi connectivity index (χ4v) is 1.44. The van der Waals surface area contributed by atoms with Gasteiger partial charge in [0.15, 0.2) is 5.84 Å². The summed E-state index contributed by atoms with van der Waals surface area (Å²) >= 11 is 0. The summed E-state index contributed by atoms with van der Waals surface area (Å²) in [6.45, 7) is 5.04. The van der Waals surface area contributed by atoms with Gasteiger partial charge in [-0.2, -0.15) is 0 Å². The van der Waals surface area contributed by atoms with Crippen molar-refractivity contribution in [3.05, 3.63) is 23.8 Å². The van der Waals surface area contributed by atoms with Gasteiger partial charge in [0, 0.05) is 0 Å². The van der Waals surface area contributed by atoms with Gasteiger partial charge in [-0.1, -0.05) is 11.2 Å². The van der Waals surface area contributed by atoms with Crippen molar-refractivity contribution in [2.75, 3.05) is 12.4 Å². The number of oxime groups is 1. The number of ether oxygens (including phenoxy) is 1. The molecule has 0 saturated carbocycles. The number of hydrogen-bond donors (Lipinski definition) is 3. The van der Waals surface area contributed by atoms with Crippen LogP contribution in [0, 0.1) is 12.3 Å². The zero-order valence-corrected chi connectivity index (χ0v) is 11.5. The van der Waals surface area contributed by atoms with E-state index in [1.807, 2.05) is 13.0 Å². The quantitative estimate of drug-likeness (QED) is 0.334. The molecular formula is C13H19N3O3. The molecule has 0 aliphatic rings. The van der Waals surface area contributed by atoms with Crippen molar-refractivity contribution in [1.29, 1.82) is 0 Å². The van der Waals surface area contributed by atoms with Crippen LogP contribution in [0.25, 0.3) is 0 Å². The first-order valence-corrected chi connectivity index (χ1v) is 5.77. The Morgan fingerprint density at radius 3 is 2.63 bits per heavy atom. The van der Waals surface area contributed by atoms with E-state index in [1.54, 1.807) is 26.0 Å². The first-order valence-electron chi connectivity index (χ1n) is 5.77. The Balaban J connectivity index is 3.03. The molecule has 0 fully saturated rings. The van der Waals surface area contributed by atoms with Gasteiger partial charge in [-0.15, -0.1) is 0 Å². The van der Waals surface area contributed by atoms with Gasteiger partial charge in [-0.25, -0.2) is 0 Å². The molecule has 19 heavy (non-hydrogen) atoms. The SMILES string of the molecule is COc1ccc(C)cc1NC(=O)C(C)(C)C(N)=NO. The molecule has 0 unspecified atom stereocenters. The van der Waals surface area contributed by atoms with E-state index in [9.17, 15) is 4.79 Å². The van der Waals surface area contributed by atoms with E-state index in [2.05, 4.69) is 10.5 Å². The molecule has 6 heteroatoms. The Morgan fingerprint density at radius 2 is 2.11 bits per heavy atom. The van der Waals surface area contributed by atoms with Gasteiger partial charge in [-0.05, 0) is 38.5 Å². The van der Waals surface area contributed by atoms with Gasteiger partial charge in [0.1, 0.15) is 11.2 Å². The minimum absolute atomic E-state index is 0.156. The summed E-state index contributed by atoms with van der Waals surface area (Å²) in [5.74, 6) is 0.0116. The maximum absolute atomic E-state index is 12.2. The van der Waals surface area contributed by atoms with Crippen molar-refractivity contribution in [2.24, 2.45) is 16.3 Å². The van der Waals surface area contributed by atoms with Crippen LogP contribution in [-0.4, -0.2) is 24.1 Å². The lowest BCUT2D eigenvalue weighted by Crippen LogP contribution is -2.42. The van der Waals surface area contributed by atoms with Crippen LogP contribution in [0.1, 0.15) is 19.4 Å². The lowest BCUT2D eigenvalue weighted by Gasteiger charge is -2.22. The standard InChI is InChI=1S/C13H19N3O3/c1-8-5-6-10(19-4)9(7-8)15-12(17)13(2,3)11(14)16-18/h5-7,18H,1-4H3,(H2,14,16)(H,15,17). The third-order valence-corrected chi connectivity index (χ3v) is 2.92. The summed E-state index contributed by atoms with van der Waals surface area (Å²) in [4.78, 5) is 12.2. The van der Waals surface area contributed by atoms with Crippen LogP contribution in [0.5, 0.6) is 5.75 Å². The number of methoxy groups -OCH3 is 1. The number of amides is 1. The first-order chi connectivity index (χ1) is 8.82. The maximum atomic E-state index is 12.2. The highest BCUT2D eigenvalue weighted by molar-refractivity contribution is 6.11. The number of benzene rings is 1. The Hall–Kier alpha value is -2.24. The zero-order chi connectivity index (χ0) is 14.6. The van der Waals surface area contributed by atoms with Crippen molar-refractivity contribution in [3.63, 3.8) is 0 Å². The van der Waals surface area contributed by atoms with E-state index >= 15 is 0 Å². The number of anilines is 1. The molecule has 0 saturated heterocycles. The Kier molecular flexibility index (Phi) is 4.37. The van der Waals surface area contributed by atoms with Gasteiger partial charge >= 0.3 is 0 Å². The van der Waals surface area contributed by atoms with Gasteiger partial charge in [0.25, 0.3) is 0 Å². The predicted octanol–water partition coefficient (Wildman–Crippen LogP) is 1.71. The Morgan fingerprint density at radius 1 is 1.47 bits per heavy atom. The summed E-state index contributed by atoms with van der Waals surface area (Å²) in [7, 11) is 1.52. The third kappa shape index (κ3) is 3.15. The lowest BCUT2D eigenvalue weighted by atomic mass is 9.91. The average Bonchev–Trinajstić information content (AvgIpc) is 2.37.